The molecule has 1 rings (SSSR count). The van der Waals surface area contributed by atoms with Crippen LogP contribution in [0.3, 0.4) is 0 Å². The van der Waals surface area contributed by atoms with Crippen LogP contribution >= 0.6 is 11.8 Å². The second kappa shape index (κ2) is 7.52. The van der Waals surface area contributed by atoms with Gasteiger partial charge in [0.1, 0.15) is 5.92 Å². The normalized spacial score (nSPS) is 23.6. The Hall–Kier alpha value is -0.790. The number of hydrogen-bond acceptors (Lipinski definition) is 5. The Morgan fingerprint density at radius 3 is 2.94 bits per heavy atom. The third kappa shape index (κ3) is 4.93. The van der Waals surface area contributed by atoms with Crippen molar-refractivity contribution in [3.63, 3.8) is 0 Å². The number of thioether (sulfide) groups is 1. The maximum Gasteiger partial charge on any atom is 0.311 e. The lowest BCUT2D eigenvalue weighted by Crippen LogP contribution is -2.43. The van der Waals surface area contributed by atoms with E-state index in [0.717, 1.165) is 5.75 Å². The third-order valence-electron chi connectivity index (χ3n) is 2.41. The van der Waals surface area contributed by atoms with E-state index in [0.29, 0.717) is 12.4 Å². The molecule has 2 N–H and O–H groups in total. The zero-order valence-electron chi connectivity index (χ0n) is 9.68. The summed E-state index contributed by atoms with van der Waals surface area (Å²) in [5, 5.41) is 11.6. The molecule has 7 heteroatoms. The molecule has 6 nitrogen and oxygen atoms in total. The molecule has 1 saturated heterocycles. The topological polar surface area (TPSA) is 84.9 Å². The average Bonchev–Trinajstić information content (AvgIpc) is 2.72. The van der Waals surface area contributed by atoms with Crippen LogP contribution in [0.5, 0.6) is 0 Å². The molecule has 0 aromatic carbocycles. The van der Waals surface area contributed by atoms with E-state index in [1.54, 1.807) is 7.11 Å². The summed E-state index contributed by atoms with van der Waals surface area (Å²) >= 11 is 1.45. The first-order valence-corrected chi connectivity index (χ1v) is 6.47. The molecule has 0 radical (unpaired) electrons. The molecule has 0 aromatic heterocycles. The number of ether oxygens (including phenoxy) is 2. The summed E-state index contributed by atoms with van der Waals surface area (Å²) in [5.74, 6) is -0.671. The quantitative estimate of drug-likeness (QED) is 0.607. The Balaban J connectivity index is 2.23. The Bertz CT molecular complexity index is 273. The van der Waals surface area contributed by atoms with Crippen LogP contribution in [-0.2, 0) is 19.1 Å². The van der Waals surface area contributed by atoms with Gasteiger partial charge in [-0.2, -0.15) is 0 Å². The number of rotatable bonds is 7. The number of carboxylic acids is 1. The van der Waals surface area contributed by atoms with Gasteiger partial charge in [-0.3, -0.25) is 9.59 Å². The lowest BCUT2D eigenvalue weighted by molar-refractivity contribution is -0.142. The van der Waals surface area contributed by atoms with E-state index < -0.39 is 17.9 Å². The summed E-state index contributed by atoms with van der Waals surface area (Å²) in [6.45, 7) is 1.03. The molecule has 1 aliphatic heterocycles. The Labute approximate surface area is 104 Å². The molecular weight excluding hydrogens is 246 g/mol. The van der Waals surface area contributed by atoms with Gasteiger partial charge in [-0.1, -0.05) is 0 Å². The second-order valence-corrected chi connectivity index (χ2v) is 4.81. The minimum absolute atomic E-state index is 0.159. The predicted octanol–water partition coefficient (Wildman–Crippen LogP) is -0.418. The molecule has 17 heavy (non-hydrogen) atoms. The van der Waals surface area contributed by atoms with Crippen LogP contribution in [0.25, 0.3) is 0 Å². The van der Waals surface area contributed by atoms with E-state index in [4.69, 9.17) is 14.6 Å². The van der Waals surface area contributed by atoms with Gasteiger partial charge in [0.05, 0.1) is 31.6 Å². The van der Waals surface area contributed by atoms with Crippen LogP contribution in [0.15, 0.2) is 0 Å². The minimum Gasteiger partial charge on any atom is -0.481 e. The van der Waals surface area contributed by atoms with Gasteiger partial charge in [0, 0.05) is 12.9 Å². The summed E-state index contributed by atoms with van der Waals surface area (Å²) in [6, 6.07) is -0.414. The zero-order chi connectivity index (χ0) is 12.7. The van der Waals surface area contributed by atoms with Crippen LogP contribution in [0, 0.1) is 5.92 Å². The smallest absolute Gasteiger partial charge is 0.311 e. The summed E-state index contributed by atoms with van der Waals surface area (Å²) in [4.78, 5) is 22.3. The fourth-order valence-electron chi connectivity index (χ4n) is 1.50. The lowest BCUT2D eigenvalue weighted by atomic mass is 10.0. The van der Waals surface area contributed by atoms with Gasteiger partial charge in [0.15, 0.2) is 0 Å². The van der Waals surface area contributed by atoms with Crippen LogP contribution in [-0.4, -0.2) is 61.5 Å². The zero-order valence-corrected chi connectivity index (χ0v) is 10.5. The highest BCUT2D eigenvalue weighted by Crippen LogP contribution is 2.14. The van der Waals surface area contributed by atoms with Gasteiger partial charge in [-0.25, -0.2) is 0 Å². The number of amides is 1. The number of aliphatic carboxylic acids is 1. The van der Waals surface area contributed by atoms with Crippen molar-refractivity contribution in [3.05, 3.63) is 0 Å². The molecule has 0 aromatic rings. The number of carbonyl (C=O) groups excluding carboxylic acids is 1. The first kappa shape index (κ1) is 14.3. The molecule has 1 heterocycles. The van der Waals surface area contributed by atoms with Crippen molar-refractivity contribution in [2.75, 3.05) is 38.4 Å². The molecule has 2 unspecified atom stereocenters. The maximum atomic E-state index is 11.5. The number of carbonyl (C=O) groups is 2. The molecule has 0 saturated carbocycles. The molecule has 2 atom stereocenters. The lowest BCUT2D eigenvalue weighted by Gasteiger charge is -2.15. The summed E-state index contributed by atoms with van der Waals surface area (Å²) < 4.78 is 9.91. The highest BCUT2D eigenvalue weighted by molar-refractivity contribution is 7.99. The molecule has 1 fully saturated rings. The van der Waals surface area contributed by atoms with Crippen molar-refractivity contribution in [2.45, 2.75) is 6.04 Å². The van der Waals surface area contributed by atoms with Crippen LogP contribution in [0.1, 0.15) is 0 Å². The highest BCUT2D eigenvalue weighted by atomic mass is 32.2. The van der Waals surface area contributed by atoms with E-state index in [1.165, 1.54) is 11.8 Å². The first-order valence-electron chi connectivity index (χ1n) is 5.31. The minimum atomic E-state index is -0.931. The van der Waals surface area contributed by atoms with Gasteiger partial charge in [-0.05, 0) is 0 Å². The van der Waals surface area contributed by atoms with Crippen molar-refractivity contribution in [1.82, 2.24) is 5.32 Å². The van der Waals surface area contributed by atoms with E-state index in [-0.39, 0.29) is 19.1 Å². The summed E-state index contributed by atoms with van der Waals surface area (Å²) in [5.41, 5.74) is 0. The monoisotopic (exact) mass is 263 g/mol. The van der Waals surface area contributed by atoms with Crippen molar-refractivity contribution < 1.29 is 24.2 Å². The first-order chi connectivity index (χ1) is 8.15. The maximum absolute atomic E-state index is 11.5. The number of carboxylic acid groups (broad SMARTS) is 1. The summed E-state index contributed by atoms with van der Waals surface area (Å²) in [6.07, 6.45) is 0. The standard InChI is InChI=1S/C10H17NO5S/c1-15-2-3-17-6-9(12)11-8-5-16-4-7(8)10(13)14/h7-8H,2-6H2,1H3,(H,11,12)(H,13,14). The van der Waals surface area contributed by atoms with Crippen LogP contribution < -0.4 is 5.32 Å². The molecular formula is C10H17NO5S. The fourth-order valence-corrected chi connectivity index (χ4v) is 2.19. The fraction of sp³-hybridized carbons (Fsp3) is 0.800. The van der Waals surface area contributed by atoms with Crippen LogP contribution in [0.4, 0.5) is 0 Å². The molecule has 0 bridgehead atoms. The average molecular weight is 263 g/mol. The largest absolute Gasteiger partial charge is 0.481 e. The van der Waals surface area contributed by atoms with Crippen LogP contribution in [0.2, 0.25) is 0 Å². The predicted molar refractivity (Wildman–Crippen MR) is 63.1 cm³/mol. The van der Waals surface area contributed by atoms with Gasteiger partial charge in [0.2, 0.25) is 5.91 Å². The molecule has 1 aliphatic rings. The SMILES string of the molecule is COCCSCC(=O)NC1COCC1C(=O)O. The van der Waals surface area contributed by atoms with Crippen molar-refractivity contribution in [2.24, 2.45) is 5.92 Å². The van der Waals surface area contributed by atoms with Crippen molar-refractivity contribution in [3.8, 4) is 0 Å². The number of nitrogens with one attached hydrogen (secondary N) is 1. The Morgan fingerprint density at radius 1 is 1.53 bits per heavy atom. The van der Waals surface area contributed by atoms with E-state index >= 15 is 0 Å². The second-order valence-electron chi connectivity index (χ2n) is 3.70. The van der Waals surface area contributed by atoms with E-state index in [2.05, 4.69) is 5.32 Å². The van der Waals surface area contributed by atoms with Gasteiger partial charge in [0.25, 0.3) is 0 Å². The van der Waals surface area contributed by atoms with Crippen molar-refractivity contribution in [1.29, 1.82) is 0 Å². The third-order valence-corrected chi connectivity index (χ3v) is 3.33. The molecule has 0 spiro atoms. The molecule has 98 valence electrons. The van der Waals surface area contributed by atoms with Gasteiger partial charge >= 0.3 is 5.97 Å². The van der Waals surface area contributed by atoms with Crippen molar-refractivity contribution >= 4 is 23.6 Å². The number of hydrogen-bond donors (Lipinski definition) is 2. The molecule has 0 aliphatic carbocycles. The number of methoxy groups -OCH3 is 1. The summed E-state index contributed by atoms with van der Waals surface area (Å²) in [7, 11) is 1.61. The Kier molecular flexibility index (Phi) is 6.31. The van der Waals surface area contributed by atoms with Gasteiger partial charge in [-0.15, -0.1) is 11.8 Å². The van der Waals surface area contributed by atoms with Gasteiger partial charge < -0.3 is 19.9 Å². The molecule has 1 amide bonds. The van der Waals surface area contributed by atoms with E-state index in [1.807, 2.05) is 0 Å². The van der Waals surface area contributed by atoms with E-state index in [9.17, 15) is 9.59 Å². The highest BCUT2D eigenvalue weighted by Gasteiger charge is 2.34. The Morgan fingerprint density at radius 2 is 2.29 bits per heavy atom.